The van der Waals surface area contributed by atoms with Crippen molar-refractivity contribution in [3.63, 3.8) is 0 Å². The van der Waals surface area contributed by atoms with Gasteiger partial charge in [-0.2, -0.15) is 10.2 Å². The molecule has 1 aromatic carbocycles. The highest BCUT2D eigenvalue weighted by Gasteiger charge is 2.13. The number of nitrogens with one attached hydrogen (secondary N) is 2. The predicted molar refractivity (Wildman–Crippen MR) is 92.0 cm³/mol. The highest BCUT2D eigenvalue weighted by molar-refractivity contribution is 14.1. The Balaban J connectivity index is 1.70. The van der Waals surface area contributed by atoms with Crippen molar-refractivity contribution in [3.8, 4) is 0 Å². The molecular formula is C14H11ClIN5O. The number of benzene rings is 1. The summed E-state index contributed by atoms with van der Waals surface area (Å²) in [7, 11) is 0. The summed E-state index contributed by atoms with van der Waals surface area (Å²) in [6.45, 7) is 0.539. The summed E-state index contributed by atoms with van der Waals surface area (Å²) in [5, 5.41) is 14.2. The second-order valence-corrected chi connectivity index (χ2v) is 6.13. The van der Waals surface area contributed by atoms with Gasteiger partial charge in [-0.05, 0) is 34.2 Å². The van der Waals surface area contributed by atoms with E-state index in [1.54, 1.807) is 23.3 Å². The summed E-state index contributed by atoms with van der Waals surface area (Å²) >= 11 is 8.17. The van der Waals surface area contributed by atoms with Crippen LogP contribution in [0.3, 0.4) is 0 Å². The van der Waals surface area contributed by atoms with Crippen LogP contribution >= 0.6 is 34.2 Å². The number of anilines is 1. The maximum atomic E-state index is 12.1. The minimum Gasteiger partial charge on any atom is -0.318 e. The van der Waals surface area contributed by atoms with Crippen molar-refractivity contribution in [2.24, 2.45) is 0 Å². The van der Waals surface area contributed by atoms with Crippen LogP contribution in [0.2, 0.25) is 5.02 Å². The maximum absolute atomic E-state index is 12.1. The fraction of sp³-hybridized carbons (Fsp3) is 0.0714. The van der Waals surface area contributed by atoms with Gasteiger partial charge in [0.25, 0.3) is 5.91 Å². The van der Waals surface area contributed by atoms with Gasteiger partial charge in [-0.15, -0.1) is 0 Å². The van der Waals surface area contributed by atoms with Gasteiger partial charge in [0.2, 0.25) is 0 Å². The van der Waals surface area contributed by atoms with E-state index >= 15 is 0 Å². The molecule has 0 saturated carbocycles. The van der Waals surface area contributed by atoms with E-state index < -0.39 is 0 Å². The van der Waals surface area contributed by atoms with Crippen molar-refractivity contribution in [1.82, 2.24) is 20.0 Å². The van der Waals surface area contributed by atoms with Crippen LogP contribution in [0.4, 0.5) is 5.69 Å². The van der Waals surface area contributed by atoms with E-state index in [0.717, 1.165) is 9.13 Å². The average molecular weight is 428 g/mol. The summed E-state index contributed by atoms with van der Waals surface area (Å²) in [5.41, 5.74) is 2.01. The lowest BCUT2D eigenvalue weighted by molar-refractivity contribution is 0.102. The van der Waals surface area contributed by atoms with Gasteiger partial charge in [-0.3, -0.25) is 14.6 Å². The maximum Gasteiger partial charge on any atom is 0.274 e. The molecular weight excluding hydrogens is 417 g/mol. The first-order valence-corrected chi connectivity index (χ1v) is 7.85. The number of hydrogen-bond donors (Lipinski definition) is 2. The molecule has 112 valence electrons. The first-order chi connectivity index (χ1) is 10.6. The number of nitrogens with zero attached hydrogens (tertiary/aromatic N) is 3. The molecule has 0 saturated heterocycles. The molecule has 0 aliphatic carbocycles. The van der Waals surface area contributed by atoms with Crippen LogP contribution in [0.1, 0.15) is 16.1 Å². The van der Waals surface area contributed by atoms with Gasteiger partial charge in [0, 0.05) is 11.2 Å². The third-order valence-electron chi connectivity index (χ3n) is 3.00. The standard InChI is InChI=1S/C14H11ClIN5O/c15-11-4-2-1-3-9(11)7-21-8-10(5-18-21)19-14(22)13-12(16)6-17-20-13/h1-6,8H,7H2,(H,17,20)(H,19,22). The Kier molecular flexibility index (Phi) is 4.44. The molecule has 0 spiro atoms. The first kappa shape index (κ1) is 15.0. The molecule has 0 bridgehead atoms. The van der Waals surface area contributed by atoms with Crippen LogP contribution in [0.25, 0.3) is 0 Å². The molecule has 2 aromatic heterocycles. The SMILES string of the molecule is O=C(Nc1cnn(Cc2ccccc2Cl)c1)c1[nH]ncc1I. The van der Waals surface area contributed by atoms with E-state index in [4.69, 9.17) is 11.6 Å². The fourth-order valence-corrected chi connectivity index (χ4v) is 2.64. The molecule has 2 heterocycles. The topological polar surface area (TPSA) is 75.6 Å². The molecule has 3 aromatic rings. The number of halogens is 2. The van der Waals surface area contributed by atoms with E-state index in [2.05, 4.69) is 20.6 Å². The van der Waals surface area contributed by atoms with Crippen molar-refractivity contribution in [2.45, 2.75) is 6.54 Å². The minimum atomic E-state index is -0.251. The molecule has 0 aliphatic heterocycles. The van der Waals surface area contributed by atoms with Crippen LogP contribution in [0.5, 0.6) is 0 Å². The van der Waals surface area contributed by atoms with Crippen LogP contribution in [0.15, 0.2) is 42.9 Å². The number of carbonyl (C=O) groups excluding carboxylic acids is 1. The molecule has 0 fully saturated rings. The smallest absolute Gasteiger partial charge is 0.274 e. The van der Waals surface area contributed by atoms with E-state index in [9.17, 15) is 4.79 Å². The Morgan fingerprint density at radius 2 is 2.18 bits per heavy atom. The van der Waals surface area contributed by atoms with Crippen molar-refractivity contribution in [1.29, 1.82) is 0 Å². The van der Waals surface area contributed by atoms with Gasteiger partial charge >= 0.3 is 0 Å². The number of rotatable bonds is 4. The van der Waals surface area contributed by atoms with Gasteiger partial charge in [0.1, 0.15) is 5.69 Å². The van der Waals surface area contributed by atoms with E-state index in [1.165, 1.54) is 0 Å². The minimum absolute atomic E-state index is 0.251. The Bertz CT molecular complexity index is 813. The molecule has 2 N–H and O–H groups in total. The fourth-order valence-electron chi connectivity index (χ4n) is 1.94. The number of amides is 1. The molecule has 22 heavy (non-hydrogen) atoms. The number of hydrogen-bond acceptors (Lipinski definition) is 3. The Morgan fingerprint density at radius 1 is 1.36 bits per heavy atom. The summed E-state index contributed by atoms with van der Waals surface area (Å²) in [6.07, 6.45) is 4.94. The van der Waals surface area contributed by atoms with E-state index in [-0.39, 0.29) is 5.91 Å². The molecule has 6 nitrogen and oxygen atoms in total. The summed E-state index contributed by atoms with van der Waals surface area (Å²) in [6, 6.07) is 7.58. The van der Waals surface area contributed by atoms with Crippen LogP contribution in [-0.4, -0.2) is 25.9 Å². The number of aromatic amines is 1. The summed E-state index contributed by atoms with van der Waals surface area (Å²) in [5.74, 6) is -0.251. The van der Waals surface area contributed by atoms with Crippen LogP contribution in [-0.2, 0) is 6.54 Å². The molecule has 0 unspecified atom stereocenters. The Labute approximate surface area is 145 Å². The van der Waals surface area contributed by atoms with Gasteiger partial charge in [-0.25, -0.2) is 0 Å². The van der Waals surface area contributed by atoms with Crippen molar-refractivity contribution in [2.75, 3.05) is 5.32 Å². The van der Waals surface area contributed by atoms with Gasteiger partial charge in [0.05, 0.1) is 28.2 Å². The van der Waals surface area contributed by atoms with E-state index in [0.29, 0.717) is 22.9 Å². The third-order valence-corrected chi connectivity index (χ3v) is 4.19. The van der Waals surface area contributed by atoms with Crippen LogP contribution < -0.4 is 5.32 Å². The molecule has 3 rings (SSSR count). The summed E-state index contributed by atoms with van der Waals surface area (Å²) in [4.78, 5) is 12.1. The lowest BCUT2D eigenvalue weighted by Gasteiger charge is -2.04. The number of H-pyrrole nitrogens is 1. The number of aromatic nitrogens is 4. The second kappa shape index (κ2) is 6.49. The zero-order valence-electron chi connectivity index (χ0n) is 11.3. The van der Waals surface area contributed by atoms with Gasteiger partial charge < -0.3 is 5.32 Å². The molecule has 8 heteroatoms. The van der Waals surface area contributed by atoms with Crippen molar-refractivity contribution >= 4 is 45.8 Å². The normalized spacial score (nSPS) is 10.6. The third kappa shape index (κ3) is 3.30. The Hall–Kier alpha value is -1.87. The lowest BCUT2D eigenvalue weighted by Crippen LogP contribution is -2.13. The zero-order chi connectivity index (χ0) is 15.5. The van der Waals surface area contributed by atoms with Crippen molar-refractivity contribution in [3.05, 3.63) is 62.7 Å². The zero-order valence-corrected chi connectivity index (χ0v) is 14.2. The van der Waals surface area contributed by atoms with Gasteiger partial charge in [0.15, 0.2) is 0 Å². The highest BCUT2D eigenvalue weighted by atomic mass is 127. The van der Waals surface area contributed by atoms with Crippen molar-refractivity contribution < 1.29 is 4.79 Å². The second-order valence-electron chi connectivity index (χ2n) is 4.57. The molecule has 1 amide bonds. The van der Waals surface area contributed by atoms with Gasteiger partial charge in [-0.1, -0.05) is 29.8 Å². The predicted octanol–water partition coefficient (Wildman–Crippen LogP) is 3.16. The summed E-state index contributed by atoms with van der Waals surface area (Å²) < 4.78 is 2.48. The average Bonchev–Trinajstić information content (AvgIpc) is 3.10. The first-order valence-electron chi connectivity index (χ1n) is 6.39. The largest absolute Gasteiger partial charge is 0.318 e. The lowest BCUT2D eigenvalue weighted by atomic mass is 10.2. The van der Waals surface area contributed by atoms with E-state index in [1.807, 2.05) is 46.9 Å². The highest BCUT2D eigenvalue weighted by Crippen LogP contribution is 2.17. The number of carbonyl (C=O) groups is 1. The Morgan fingerprint density at radius 3 is 2.91 bits per heavy atom. The molecule has 0 aliphatic rings. The quantitative estimate of drug-likeness (QED) is 0.628. The monoisotopic (exact) mass is 427 g/mol. The molecule has 0 atom stereocenters. The molecule has 0 radical (unpaired) electrons. The van der Waals surface area contributed by atoms with Crippen LogP contribution in [0, 0.1) is 3.57 Å².